The molecule has 2 rings (SSSR count). The first kappa shape index (κ1) is 13.7. The van der Waals surface area contributed by atoms with Gasteiger partial charge in [-0.3, -0.25) is 4.79 Å². The highest BCUT2D eigenvalue weighted by molar-refractivity contribution is 9.10. The Hall–Kier alpha value is -0.720. The van der Waals surface area contributed by atoms with Crippen molar-refractivity contribution in [2.45, 2.75) is 6.54 Å². The Bertz CT molecular complexity index is 565. The van der Waals surface area contributed by atoms with Crippen molar-refractivity contribution in [1.29, 1.82) is 0 Å². The van der Waals surface area contributed by atoms with Crippen molar-refractivity contribution in [3.8, 4) is 0 Å². The first-order valence-corrected chi connectivity index (χ1v) is 7.49. The smallest absolute Gasteiger partial charge is 0.255 e. The SMILES string of the molecule is O=C(NCc1cc(Br)cs1)c1c(F)cccc1Br. The van der Waals surface area contributed by atoms with E-state index in [0.717, 1.165) is 9.35 Å². The van der Waals surface area contributed by atoms with Crippen molar-refractivity contribution in [2.75, 3.05) is 0 Å². The molecule has 94 valence electrons. The Kier molecular flexibility index (Phi) is 4.53. The number of benzene rings is 1. The Morgan fingerprint density at radius 2 is 2.17 bits per heavy atom. The molecule has 0 fully saturated rings. The number of hydrogen-bond donors (Lipinski definition) is 1. The molecule has 1 N–H and O–H groups in total. The maximum atomic E-state index is 13.5. The first-order valence-electron chi connectivity index (χ1n) is 5.03. The molecule has 2 nitrogen and oxygen atoms in total. The minimum Gasteiger partial charge on any atom is -0.347 e. The van der Waals surface area contributed by atoms with Gasteiger partial charge in [-0.1, -0.05) is 6.07 Å². The standard InChI is InChI=1S/C12H8Br2FNOS/c13-7-4-8(18-6-7)5-16-12(17)11-9(14)2-1-3-10(11)15/h1-4,6H,5H2,(H,16,17). The minimum absolute atomic E-state index is 0.0353. The lowest BCUT2D eigenvalue weighted by molar-refractivity contribution is 0.0946. The molecular formula is C12H8Br2FNOS. The van der Waals surface area contributed by atoms with Crippen LogP contribution in [0.25, 0.3) is 0 Å². The number of carbonyl (C=O) groups is 1. The van der Waals surface area contributed by atoms with Crippen LogP contribution in [-0.4, -0.2) is 5.91 Å². The predicted octanol–water partition coefficient (Wildman–Crippen LogP) is 4.34. The van der Waals surface area contributed by atoms with Crippen molar-refractivity contribution >= 4 is 49.1 Å². The normalized spacial score (nSPS) is 10.4. The van der Waals surface area contributed by atoms with Crippen molar-refractivity contribution in [1.82, 2.24) is 5.32 Å². The predicted molar refractivity (Wildman–Crippen MR) is 77.3 cm³/mol. The van der Waals surface area contributed by atoms with Gasteiger partial charge >= 0.3 is 0 Å². The van der Waals surface area contributed by atoms with Crippen molar-refractivity contribution < 1.29 is 9.18 Å². The topological polar surface area (TPSA) is 29.1 Å². The van der Waals surface area contributed by atoms with E-state index in [1.165, 1.54) is 17.4 Å². The fourth-order valence-electron chi connectivity index (χ4n) is 1.42. The van der Waals surface area contributed by atoms with Gasteiger partial charge in [-0.25, -0.2) is 4.39 Å². The summed E-state index contributed by atoms with van der Waals surface area (Å²) in [7, 11) is 0. The Balaban J connectivity index is 2.08. The second-order valence-electron chi connectivity index (χ2n) is 3.51. The fraction of sp³-hybridized carbons (Fsp3) is 0.0833. The summed E-state index contributed by atoms with van der Waals surface area (Å²) in [6.07, 6.45) is 0. The molecule has 0 atom stereocenters. The highest BCUT2D eigenvalue weighted by Crippen LogP contribution is 2.21. The summed E-state index contributed by atoms with van der Waals surface area (Å²) in [4.78, 5) is 12.9. The summed E-state index contributed by atoms with van der Waals surface area (Å²) >= 11 is 8.04. The van der Waals surface area contributed by atoms with Crippen LogP contribution < -0.4 is 5.32 Å². The molecule has 0 aliphatic rings. The highest BCUT2D eigenvalue weighted by Gasteiger charge is 2.15. The van der Waals surface area contributed by atoms with Crippen LogP contribution in [0.3, 0.4) is 0 Å². The zero-order valence-electron chi connectivity index (χ0n) is 9.04. The first-order chi connectivity index (χ1) is 8.58. The third-order valence-electron chi connectivity index (χ3n) is 2.23. The van der Waals surface area contributed by atoms with E-state index in [2.05, 4.69) is 37.2 Å². The van der Waals surface area contributed by atoms with E-state index in [1.807, 2.05) is 11.4 Å². The van der Waals surface area contributed by atoms with Crippen LogP contribution in [0, 0.1) is 5.82 Å². The van der Waals surface area contributed by atoms with Gasteiger partial charge in [0, 0.05) is 19.2 Å². The van der Waals surface area contributed by atoms with Crippen LogP contribution in [0.2, 0.25) is 0 Å². The summed E-state index contributed by atoms with van der Waals surface area (Å²) in [5.74, 6) is -0.960. The number of carbonyl (C=O) groups excluding carboxylic acids is 1. The van der Waals surface area contributed by atoms with E-state index in [9.17, 15) is 9.18 Å². The lowest BCUT2D eigenvalue weighted by Crippen LogP contribution is -2.23. The van der Waals surface area contributed by atoms with Gasteiger partial charge in [0.2, 0.25) is 0 Å². The second kappa shape index (κ2) is 5.95. The van der Waals surface area contributed by atoms with E-state index in [-0.39, 0.29) is 5.56 Å². The number of amides is 1. The van der Waals surface area contributed by atoms with Crippen LogP contribution in [-0.2, 0) is 6.54 Å². The molecule has 1 heterocycles. The van der Waals surface area contributed by atoms with Crippen LogP contribution in [0.5, 0.6) is 0 Å². The summed E-state index contributed by atoms with van der Waals surface area (Å²) in [6.45, 7) is 0.385. The molecule has 0 spiro atoms. The molecule has 0 unspecified atom stereocenters. The zero-order valence-corrected chi connectivity index (χ0v) is 13.0. The molecule has 1 aromatic heterocycles. The van der Waals surface area contributed by atoms with Crippen LogP contribution in [0.15, 0.2) is 38.6 Å². The summed E-state index contributed by atoms with van der Waals surface area (Å²) in [6, 6.07) is 6.37. The summed E-state index contributed by atoms with van der Waals surface area (Å²) < 4.78 is 15.0. The zero-order chi connectivity index (χ0) is 13.1. The van der Waals surface area contributed by atoms with E-state index in [0.29, 0.717) is 11.0 Å². The number of rotatable bonds is 3. The molecule has 18 heavy (non-hydrogen) atoms. The molecule has 2 aromatic rings. The highest BCUT2D eigenvalue weighted by atomic mass is 79.9. The molecule has 0 aliphatic carbocycles. The van der Waals surface area contributed by atoms with Gasteiger partial charge < -0.3 is 5.32 Å². The lowest BCUT2D eigenvalue weighted by Gasteiger charge is -2.06. The minimum atomic E-state index is -0.533. The van der Waals surface area contributed by atoms with E-state index >= 15 is 0 Å². The van der Waals surface area contributed by atoms with Gasteiger partial charge in [-0.2, -0.15) is 0 Å². The monoisotopic (exact) mass is 391 g/mol. The van der Waals surface area contributed by atoms with Crippen LogP contribution in [0.4, 0.5) is 4.39 Å². The maximum Gasteiger partial charge on any atom is 0.255 e. The molecule has 0 radical (unpaired) electrons. The van der Waals surface area contributed by atoms with Crippen molar-refractivity contribution in [3.05, 3.63) is 54.8 Å². The van der Waals surface area contributed by atoms with E-state index < -0.39 is 11.7 Å². The molecule has 0 saturated heterocycles. The average Bonchev–Trinajstić information content (AvgIpc) is 2.72. The second-order valence-corrected chi connectivity index (χ2v) is 6.28. The summed E-state index contributed by atoms with van der Waals surface area (Å²) in [5, 5.41) is 4.62. The lowest BCUT2D eigenvalue weighted by atomic mass is 10.2. The number of thiophene rings is 1. The summed E-state index contributed by atoms with van der Waals surface area (Å²) in [5.41, 5.74) is 0.0353. The Morgan fingerprint density at radius 1 is 1.39 bits per heavy atom. The molecule has 1 aromatic carbocycles. The molecule has 0 saturated carbocycles. The third-order valence-corrected chi connectivity index (χ3v) is 4.59. The third kappa shape index (κ3) is 3.18. The van der Waals surface area contributed by atoms with Crippen molar-refractivity contribution in [3.63, 3.8) is 0 Å². The molecule has 0 bridgehead atoms. The maximum absolute atomic E-state index is 13.5. The fourth-order valence-corrected chi connectivity index (χ4v) is 3.33. The molecule has 6 heteroatoms. The van der Waals surface area contributed by atoms with Gasteiger partial charge in [0.15, 0.2) is 0 Å². The number of nitrogens with one attached hydrogen (secondary N) is 1. The van der Waals surface area contributed by atoms with Gasteiger partial charge in [0.05, 0.1) is 12.1 Å². The quantitative estimate of drug-likeness (QED) is 0.826. The van der Waals surface area contributed by atoms with Gasteiger partial charge in [-0.05, 0) is 50.1 Å². The van der Waals surface area contributed by atoms with Crippen LogP contribution >= 0.6 is 43.2 Å². The van der Waals surface area contributed by atoms with Crippen molar-refractivity contribution in [2.24, 2.45) is 0 Å². The molecule has 0 aliphatic heterocycles. The van der Waals surface area contributed by atoms with Crippen LogP contribution in [0.1, 0.15) is 15.2 Å². The van der Waals surface area contributed by atoms with Gasteiger partial charge in [0.25, 0.3) is 5.91 Å². The molecular weight excluding hydrogens is 385 g/mol. The molecule has 1 amide bonds. The Labute approximate surface area is 124 Å². The Morgan fingerprint density at radius 3 is 2.78 bits per heavy atom. The number of hydrogen-bond acceptors (Lipinski definition) is 2. The average molecular weight is 393 g/mol. The van der Waals surface area contributed by atoms with Gasteiger partial charge in [-0.15, -0.1) is 11.3 Å². The van der Waals surface area contributed by atoms with E-state index in [4.69, 9.17) is 0 Å². The van der Waals surface area contributed by atoms with E-state index in [1.54, 1.807) is 12.1 Å². The number of halogens is 3. The largest absolute Gasteiger partial charge is 0.347 e. The van der Waals surface area contributed by atoms with Gasteiger partial charge in [0.1, 0.15) is 5.82 Å².